The second-order valence-electron chi connectivity index (χ2n) is 15.0. The van der Waals surface area contributed by atoms with E-state index >= 15 is 0 Å². The van der Waals surface area contributed by atoms with Crippen LogP contribution in [0.15, 0.2) is 170 Å². The third-order valence-electron chi connectivity index (χ3n) is 11.7. The van der Waals surface area contributed by atoms with Crippen LogP contribution in [0, 0.1) is 0 Å². The second-order valence-corrected chi connectivity index (χ2v) is 15.0. The van der Waals surface area contributed by atoms with Crippen molar-refractivity contribution in [2.45, 2.75) is 19.3 Å². The minimum Gasteiger partial charge on any atom is -0.256 e. The first-order chi connectivity index (χ1) is 26.0. The van der Waals surface area contributed by atoms with Crippen molar-refractivity contribution < 1.29 is 0 Å². The molecule has 0 unspecified atom stereocenters. The standard InChI is InChI=1S/C51H34N2/c1-51(2)45-15-7-5-13-41(45)50-49(51)48(42-14-6-8-16-47(42)53-50)32-19-17-31(18-20-32)34-21-24-39-40-25-22-35(33-23-26-46-36(28-33)10-9-27-52-46)30-44(40)38-12-4-3-11-37(38)43(39)29-34/h3-30H,1-2H3. The van der Waals surface area contributed by atoms with E-state index in [2.05, 4.69) is 177 Å². The lowest BCUT2D eigenvalue weighted by Gasteiger charge is -2.25. The van der Waals surface area contributed by atoms with Crippen LogP contribution in [0.4, 0.5) is 0 Å². The van der Waals surface area contributed by atoms with E-state index in [9.17, 15) is 0 Å². The molecule has 2 aromatic heterocycles. The highest BCUT2D eigenvalue weighted by Gasteiger charge is 2.39. The Labute approximate surface area is 308 Å². The molecule has 0 amide bonds. The Bertz CT molecular complexity index is 3110. The number of benzene rings is 8. The van der Waals surface area contributed by atoms with Crippen molar-refractivity contribution in [2.75, 3.05) is 0 Å². The number of pyridine rings is 2. The van der Waals surface area contributed by atoms with Crippen LogP contribution in [0.1, 0.15) is 25.0 Å². The minimum atomic E-state index is -0.160. The zero-order valence-corrected chi connectivity index (χ0v) is 29.6. The van der Waals surface area contributed by atoms with Crippen LogP contribution in [0.5, 0.6) is 0 Å². The van der Waals surface area contributed by atoms with Gasteiger partial charge in [-0.25, -0.2) is 4.98 Å². The van der Waals surface area contributed by atoms with Gasteiger partial charge in [-0.2, -0.15) is 0 Å². The van der Waals surface area contributed by atoms with Crippen LogP contribution in [-0.2, 0) is 5.41 Å². The maximum atomic E-state index is 5.25. The molecular formula is C51H34N2. The Balaban J connectivity index is 1.04. The Kier molecular flexibility index (Phi) is 6.33. The number of fused-ring (bicyclic) bond motifs is 11. The number of para-hydroxylation sites is 1. The van der Waals surface area contributed by atoms with Gasteiger partial charge in [-0.3, -0.25) is 4.98 Å². The number of nitrogens with zero attached hydrogens (tertiary/aromatic N) is 2. The molecular weight excluding hydrogens is 641 g/mol. The SMILES string of the molecule is CC1(C)c2ccccc2-c2nc3ccccc3c(-c3ccc(-c4ccc5c6ccc(-c7ccc8ncccc8c7)cc6c6ccccc6c5c4)cc3)c21. The summed E-state index contributed by atoms with van der Waals surface area (Å²) in [4.78, 5) is 9.77. The van der Waals surface area contributed by atoms with Gasteiger partial charge in [-0.1, -0.05) is 141 Å². The monoisotopic (exact) mass is 674 g/mol. The average molecular weight is 675 g/mol. The van der Waals surface area contributed by atoms with Gasteiger partial charge in [0.2, 0.25) is 0 Å². The Morgan fingerprint density at radius 1 is 0.415 bits per heavy atom. The van der Waals surface area contributed by atoms with Gasteiger partial charge in [0.25, 0.3) is 0 Å². The van der Waals surface area contributed by atoms with Crippen LogP contribution in [-0.4, -0.2) is 9.97 Å². The molecule has 53 heavy (non-hydrogen) atoms. The number of rotatable bonds is 3. The van der Waals surface area contributed by atoms with Crippen LogP contribution in [0.3, 0.4) is 0 Å². The molecule has 10 aromatic rings. The van der Waals surface area contributed by atoms with E-state index in [4.69, 9.17) is 4.98 Å². The lowest BCUT2D eigenvalue weighted by molar-refractivity contribution is 0.662. The van der Waals surface area contributed by atoms with Crippen LogP contribution < -0.4 is 0 Å². The van der Waals surface area contributed by atoms with Gasteiger partial charge >= 0.3 is 0 Å². The summed E-state index contributed by atoms with van der Waals surface area (Å²) in [6, 6.07) is 60.0. The lowest BCUT2D eigenvalue weighted by Crippen LogP contribution is -2.16. The maximum Gasteiger partial charge on any atom is 0.0759 e. The quantitative estimate of drug-likeness (QED) is 0.174. The van der Waals surface area contributed by atoms with Crippen molar-refractivity contribution in [1.29, 1.82) is 0 Å². The van der Waals surface area contributed by atoms with Gasteiger partial charge in [-0.05, 0) is 113 Å². The van der Waals surface area contributed by atoms with Crippen molar-refractivity contribution in [3.8, 4) is 44.6 Å². The number of aromatic nitrogens is 2. The first-order valence-corrected chi connectivity index (χ1v) is 18.4. The summed E-state index contributed by atoms with van der Waals surface area (Å²) in [7, 11) is 0. The lowest BCUT2D eigenvalue weighted by atomic mass is 9.78. The highest BCUT2D eigenvalue weighted by Crippen LogP contribution is 2.53. The van der Waals surface area contributed by atoms with E-state index in [0.717, 1.165) is 22.1 Å². The van der Waals surface area contributed by atoms with Crippen LogP contribution >= 0.6 is 0 Å². The Hall–Kier alpha value is -6.64. The molecule has 2 heteroatoms. The predicted molar refractivity (Wildman–Crippen MR) is 223 cm³/mol. The van der Waals surface area contributed by atoms with Gasteiger partial charge in [0.05, 0.1) is 16.7 Å². The van der Waals surface area contributed by atoms with Gasteiger partial charge in [-0.15, -0.1) is 0 Å². The summed E-state index contributed by atoms with van der Waals surface area (Å²) in [6.07, 6.45) is 1.85. The molecule has 0 fully saturated rings. The Morgan fingerprint density at radius 3 is 1.74 bits per heavy atom. The highest BCUT2D eigenvalue weighted by atomic mass is 14.7. The molecule has 0 radical (unpaired) electrons. The summed E-state index contributed by atoms with van der Waals surface area (Å²) in [5.74, 6) is 0. The van der Waals surface area contributed by atoms with Crippen molar-refractivity contribution >= 4 is 54.1 Å². The molecule has 0 saturated heterocycles. The van der Waals surface area contributed by atoms with E-state index in [0.29, 0.717) is 0 Å². The first kappa shape index (κ1) is 30.0. The summed E-state index contributed by atoms with van der Waals surface area (Å²) in [5, 5.41) is 9.99. The number of hydrogen-bond donors (Lipinski definition) is 0. The Morgan fingerprint density at radius 2 is 0.981 bits per heavy atom. The molecule has 8 aromatic carbocycles. The molecule has 1 aliphatic rings. The van der Waals surface area contributed by atoms with Gasteiger partial charge in [0, 0.05) is 27.9 Å². The largest absolute Gasteiger partial charge is 0.256 e. The van der Waals surface area contributed by atoms with Crippen LogP contribution in [0.25, 0.3) is 98.8 Å². The second kappa shape index (κ2) is 11.2. The molecule has 0 atom stereocenters. The normalized spacial score (nSPS) is 13.2. The molecule has 2 heterocycles. The maximum absolute atomic E-state index is 5.25. The van der Waals surface area contributed by atoms with E-state index in [1.807, 2.05) is 12.3 Å². The fraction of sp³-hybridized carbons (Fsp3) is 0.0588. The van der Waals surface area contributed by atoms with Crippen molar-refractivity contribution in [3.63, 3.8) is 0 Å². The molecule has 11 rings (SSSR count). The van der Waals surface area contributed by atoms with Gasteiger partial charge < -0.3 is 0 Å². The van der Waals surface area contributed by atoms with Crippen molar-refractivity contribution in [1.82, 2.24) is 9.97 Å². The van der Waals surface area contributed by atoms with E-state index in [1.165, 1.54) is 87.8 Å². The molecule has 0 saturated carbocycles. The predicted octanol–water partition coefficient (Wildman–Crippen LogP) is 13.5. The van der Waals surface area contributed by atoms with Gasteiger partial charge in [0.1, 0.15) is 0 Å². The molecule has 0 aliphatic heterocycles. The third kappa shape index (κ3) is 4.45. The first-order valence-electron chi connectivity index (χ1n) is 18.4. The molecule has 0 spiro atoms. The van der Waals surface area contributed by atoms with Crippen molar-refractivity contribution in [3.05, 3.63) is 181 Å². The summed E-state index contributed by atoms with van der Waals surface area (Å²) in [6.45, 7) is 4.69. The molecule has 2 nitrogen and oxygen atoms in total. The van der Waals surface area contributed by atoms with E-state index in [1.54, 1.807) is 0 Å². The van der Waals surface area contributed by atoms with Crippen LogP contribution in [0.2, 0.25) is 0 Å². The molecule has 248 valence electrons. The average Bonchev–Trinajstić information content (AvgIpc) is 3.45. The van der Waals surface area contributed by atoms with Gasteiger partial charge in [0.15, 0.2) is 0 Å². The number of hydrogen-bond acceptors (Lipinski definition) is 2. The molecule has 0 N–H and O–H groups in total. The minimum absolute atomic E-state index is 0.160. The molecule has 0 bridgehead atoms. The summed E-state index contributed by atoms with van der Waals surface area (Å²) in [5.41, 5.74) is 14.2. The topological polar surface area (TPSA) is 25.8 Å². The summed E-state index contributed by atoms with van der Waals surface area (Å²) >= 11 is 0. The smallest absolute Gasteiger partial charge is 0.0759 e. The van der Waals surface area contributed by atoms with E-state index in [-0.39, 0.29) is 5.41 Å². The van der Waals surface area contributed by atoms with Crippen molar-refractivity contribution in [2.24, 2.45) is 0 Å². The zero-order valence-electron chi connectivity index (χ0n) is 29.6. The zero-order chi connectivity index (χ0) is 35.3. The fourth-order valence-corrected chi connectivity index (χ4v) is 9.08. The van der Waals surface area contributed by atoms with E-state index < -0.39 is 0 Å². The summed E-state index contributed by atoms with van der Waals surface area (Å²) < 4.78 is 0. The third-order valence-corrected chi connectivity index (χ3v) is 11.7. The highest BCUT2D eigenvalue weighted by molar-refractivity contribution is 6.26. The fourth-order valence-electron chi connectivity index (χ4n) is 9.08. The molecule has 1 aliphatic carbocycles.